The lowest BCUT2D eigenvalue weighted by molar-refractivity contribution is -0.124. The van der Waals surface area contributed by atoms with E-state index < -0.39 is 6.04 Å². The maximum Gasteiger partial charge on any atom is 0.279 e. The Labute approximate surface area is 213 Å². The molecule has 5 aromatic rings. The standard InChI is InChI=1S/C30H27N3O2S/c1-3-25(29(35)31-19-23-11-8-10-21-9-4-5-12-24(21)23)33-26-13-6-7-14-27(26)36-30(33)32-28(34)22-17-15-20(2)16-18-22/h4-18,25H,3,19H2,1-2H3,(H,31,35). The summed E-state index contributed by atoms with van der Waals surface area (Å²) < 4.78 is 2.89. The zero-order valence-corrected chi connectivity index (χ0v) is 21.1. The molecule has 1 atom stereocenters. The van der Waals surface area contributed by atoms with Gasteiger partial charge in [-0.15, -0.1) is 0 Å². The summed E-state index contributed by atoms with van der Waals surface area (Å²) in [5.41, 5.74) is 3.57. The molecular weight excluding hydrogens is 466 g/mol. The summed E-state index contributed by atoms with van der Waals surface area (Å²) in [7, 11) is 0. The number of thiazole rings is 1. The summed E-state index contributed by atoms with van der Waals surface area (Å²) in [6.07, 6.45) is 0.563. The Morgan fingerprint density at radius 1 is 0.917 bits per heavy atom. The number of nitrogens with one attached hydrogen (secondary N) is 1. The molecule has 1 heterocycles. The molecule has 0 bridgehead atoms. The number of hydrogen-bond donors (Lipinski definition) is 1. The summed E-state index contributed by atoms with van der Waals surface area (Å²) >= 11 is 1.42. The quantitative estimate of drug-likeness (QED) is 0.307. The lowest BCUT2D eigenvalue weighted by atomic mass is 10.0. The van der Waals surface area contributed by atoms with E-state index in [1.54, 1.807) is 12.1 Å². The van der Waals surface area contributed by atoms with Crippen molar-refractivity contribution < 1.29 is 9.59 Å². The smallest absolute Gasteiger partial charge is 0.279 e. The van der Waals surface area contributed by atoms with E-state index in [-0.39, 0.29) is 11.8 Å². The van der Waals surface area contributed by atoms with E-state index in [9.17, 15) is 9.59 Å². The minimum atomic E-state index is -0.499. The Morgan fingerprint density at radius 2 is 1.64 bits per heavy atom. The summed E-state index contributed by atoms with van der Waals surface area (Å²) in [6, 6.07) is 29.0. The van der Waals surface area contributed by atoms with Gasteiger partial charge in [-0.2, -0.15) is 4.99 Å². The number of hydrogen-bond acceptors (Lipinski definition) is 3. The van der Waals surface area contributed by atoms with Crippen LogP contribution in [0.25, 0.3) is 21.0 Å². The topological polar surface area (TPSA) is 63.5 Å². The van der Waals surface area contributed by atoms with Gasteiger partial charge in [-0.05, 0) is 53.9 Å². The van der Waals surface area contributed by atoms with Crippen LogP contribution in [0.4, 0.5) is 0 Å². The molecule has 180 valence electrons. The number of aryl methyl sites for hydroxylation is 1. The highest BCUT2D eigenvalue weighted by molar-refractivity contribution is 7.16. The highest BCUT2D eigenvalue weighted by Crippen LogP contribution is 2.24. The van der Waals surface area contributed by atoms with Gasteiger partial charge in [0.15, 0.2) is 4.80 Å². The van der Waals surface area contributed by atoms with E-state index >= 15 is 0 Å². The molecule has 2 amide bonds. The van der Waals surface area contributed by atoms with Crippen LogP contribution in [0.15, 0.2) is 96.0 Å². The maximum atomic E-state index is 13.5. The Bertz CT molecular complexity index is 1620. The Hall–Kier alpha value is -4.03. The van der Waals surface area contributed by atoms with Crippen molar-refractivity contribution in [3.05, 3.63) is 112 Å². The normalized spacial score (nSPS) is 12.7. The van der Waals surface area contributed by atoms with E-state index in [1.807, 2.05) is 79.1 Å². The van der Waals surface area contributed by atoms with E-state index in [4.69, 9.17) is 0 Å². The van der Waals surface area contributed by atoms with Crippen LogP contribution in [0.1, 0.15) is 40.9 Å². The van der Waals surface area contributed by atoms with Gasteiger partial charge in [0.2, 0.25) is 5.91 Å². The molecule has 1 unspecified atom stereocenters. The van der Waals surface area contributed by atoms with Crippen LogP contribution in [0.5, 0.6) is 0 Å². The minimum absolute atomic E-state index is 0.0989. The van der Waals surface area contributed by atoms with E-state index in [2.05, 4.69) is 28.5 Å². The van der Waals surface area contributed by atoms with Gasteiger partial charge in [-0.1, -0.05) is 90.6 Å². The number of aromatic nitrogens is 1. The van der Waals surface area contributed by atoms with Crippen molar-refractivity contribution >= 4 is 44.1 Å². The van der Waals surface area contributed by atoms with Crippen LogP contribution in [0.2, 0.25) is 0 Å². The molecule has 5 rings (SSSR count). The highest BCUT2D eigenvalue weighted by Gasteiger charge is 2.23. The first-order valence-corrected chi connectivity index (χ1v) is 12.9. The van der Waals surface area contributed by atoms with E-state index in [0.717, 1.165) is 32.1 Å². The molecule has 5 nitrogen and oxygen atoms in total. The number of nitrogens with zero attached hydrogens (tertiary/aromatic N) is 2. The van der Waals surface area contributed by atoms with Crippen LogP contribution in [-0.2, 0) is 11.3 Å². The molecule has 36 heavy (non-hydrogen) atoms. The van der Waals surface area contributed by atoms with Crippen molar-refractivity contribution in [3.8, 4) is 0 Å². The molecule has 0 fully saturated rings. The molecule has 0 aliphatic rings. The highest BCUT2D eigenvalue weighted by atomic mass is 32.1. The number of benzene rings is 4. The van der Waals surface area contributed by atoms with Crippen LogP contribution < -0.4 is 10.1 Å². The Balaban J connectivity index is 1.50. The van der Waals surface area contributed by atoms with Gasteiger partial charge < -0.3 is 9.88 Å². The van der Waals surface area contributed by atoms with Crippen LogP contribution in [0.3, 0.4) is 0 Å². The third-order valence-corrected chi connectivity index (χ3v) is 7.40. The second-order valence-corrected chi connectivity index (χ2v) is 9.79. The number of carbonyl (C=O) groups is 2. The molecule has 6 heteroatoms. The fraction of sp³-hybridized carbons (Fsp3) is 0.167. The lowest BCUT2D eigenvalue weighted by Gasteiger charge is -2.18. The summed E-state index contributed by atoms with van der Waals surface area (Å²) in [5.74, 6) is -0.417. The fourth-order valence-corrected chi connectivity index (χ4v) is 5.52. The largest absolute Gasteiger partial charge is 0.350 e. The van der Waals surface area contributed by atoms with Gasteiger partial charge in [0.05, 0.1) is 10.2 Å². The molecule has 0 aliphatic heterocycles. The number of rotatable bonds is 6. The Morgan fingerprint density at radius 3 is 2.44 bits per heavy atom. The average Bonchev–Trinajstić information content (AvgIpc) is 3.26. The van der Waals surface area contributed by atoms with Crippen LogP contribution in [0, 0.1) is 6.92 Å². The molecule has 0 spiro atoms. The van der Waals surface area contributed by atoms with Crippen LogP contribution in [-0.4, -0.2) is 16.4 Å². The maximum absolute atomic E-state index is 13.5. The third kappa shape index (κ3) is 4.72. The van der Waals surface area contributed by atoms with Gasteiger partial charge in [-0.25, -0.2) is 0 Å². The van der Waals surface area contributed by atoms with Crippen molar-refractivity contribution in [2.45, 2.75) is 32.9 Å². The average molecular weight is 494 g/mol. The first kappa shape index (κ1) is 23.7. The van der Waals surface area contributed by atoms with E-state index in [0.29, 0.717) is 23.3 Å². The SMILES string of the molecule is CCC(C(=O)NCc1cccc2ccccc12)n1c(=NC(=O)c2ccc(C)cc2)sc2ccccc21. The molecule has 1 N–H and O–H groups in total. The van der Waals surface area contributed by atoms with Gasteiger partial charge >= 0.3 is 0 Å². The molecule has 0 aliphatic carbocycles. The molecular formula is C30H27N3O2S. The zero-order valence-electron chi connectivity index (χ0n) is 20.3. The molecule has 0 saturated carbocycles. The van der Waals surface area contributed by atoms with Gasteiger partial charge in [0.1, 0.15) is 6.04 Å². The van der Waals surface area contributed by atoms with Gasteiger partial charge in [-0.3, -0.25) is 9.59 Å². The number of amides is 2. The van der Waals surface area contributed by atoms with Crippen LogP contribution >= 0.6 is 11.3 Å². The molecule has 0 radical (unpaired) electrons. The van der Waals surface area contributed by atoms with Crippen molar-refractivity contribution in [2.75, 3.05) is 0 Å². The third-order valence-electron chi connectivity index (χ3n) is 6.36. The van der Waals surface area contributed by atoms with Crippen molar-refractivity contribution in [2.24, 2.45) is 4.99 Å². The summed E-state index contributed by atoms with van der Waals surface area (Å²) in [4.78, 5) is 31.5. The number of para-hydroxylation sites is 1. The first-order chi connectivity index (χ1) is 17.5. The van der Waals surface area contributed by atoms with Gasteiger partial charge in [0, 0.05) is 12.1 Å². The van der Waals surface area contributed by atoms with E-state index in [1.165, 1.54) is 11.3 Å². The fourth-order valence-electron chi connectivity index (χ4n) is 4.45. The zero-order chi connectivity index (χ0) is 25.1. The number of carbonyl (C=O) groups excluding carboxylic acids is 2. The number of fused-ring (bicyclic) bond motifs is 2. The van der Waals surface area contributed by atoms with Crippen molar-refractivity contribution in [3.63, 3.8) is 0 Å². The molecule has 1 aromatic heterocycles. The summed E-state index contributed by atoms with van der Waals surface area (Å²) in [5, 5.41) is 5.40. The lowest BCUT2D eigenvalue weighted by Crippen LogP contribution is -2.35. The second kappa shape index (κ2) is 10.3. The molecule has 0 saturated heterocycles. The molecule has 4 aromatic carbocycles. The second-order valence-electron chi connectivity index (χ2n) is 8.79. The van der Waals surface area contributed by atoms with Crippen molar-refractivity contribution in [1.29, 1.82) is 0 Å². The predicted molar refractivity (Wildman–Crippen MR) is 146 cm³/mol. The van der Waals surface area contributed by atoms with Gasteiger partial charge in [0.25, 0.3) is 5.91 Å². The van der Waals surface area contributed by atoms with Crippen molar-refractivity contribution in [1.82, 2.24) is 9.88 Å². The first-order valence-electron chi connectivity index (χ1n) is 12.1. The minimum Gasteiger partial charge on any atom is -0.350 e. The monoisotopic (exact) mass is 493 g/mol. The predicted octanol–water partition coefficient (Wildman–Crippen LogP) is 6.17. The Kier molecular flexibility index (Phi) is 6.78. The summed E-state index contributed by atoms with van der Waals surface area (Å²) in [6.45, 7) is 4.38.